The molecule has 1 aliphatic heterocycles. The number of benzene rings is 2. The maximum absolute atomic E-state index is 12.7. The highest BCUT2D eigenvalue weighted by Crippen LogP contribution is 2.21. The molecule has 0 spiro atoms. The summed E-state index contributed by atoms with van der Waals surface area (Å²) in [4.78, 5) is 38.7. The minimum atomic E-state index is -0.621. The standard InChI is InChI=1S/C23H27N3O3/c1-16(2)21(25-22(28)18-7-4-3-5-8-18)23(29)24-15-17-10-12-19(13-11-17)26-14-6-9-20(26)27/h3-5,7-8,10-13,16,21H,6,9,14-15H2,1-2H3,(H,24,29)(H,25,28). The third-order valence-corrected chi connectivity index (χ3v) is 5.06. The predicted molar refractivity (Wildman–Crippen MR) is 112 cm³/mol. The topological polar surface area (TPSA) is 78.5 Å². The molecule has 3 amide bonds. The molecule has 1 fully saturated rings. The van der Waals surface area contributed by atoms with Gasteiger partial charge >= 0.3 is 0 Å². The summed E-state index contributed by atoms with van der Waals surface area (Å²) in [5.74, 6) is -0.381. The number of nitrogens with one attached hydrogen (secondary N) is 2. The molecule has 1 unspecified atom stereocenters. The molecule has 1 saturated heterocycles. The number of anilines is 1. The molecule has 29 heavy (non-hydrogen) atoms. The van der Waals surface area contributed by atoms with E-state index in [0.29, 0.717) is 18.5 Å². The third-order valence-electron chi connectivity index (χ3n) is 5.06. The van der Waals surface area contributed by atoms with Gasteiger partial charge in [0.25, 0.3) is 5.91 Å². The fraction of sp³-hybridized carbons (Fsp3) is 0.348. The van der Waals surface area contributed by atoms with Crippen molar-refractivity contribution < 1.29 is 14.4 Å². The Morgan fingerprint density at radius 1 is 1.03 bits per heavy atom. The first-order chi connectivity index (χ1) is 14.0. The van der Waals surface area contributed by atoms with E-state index in [2.05, 4.69) is 10.6 Å². The number of nitrogens with zero attached hydrogens (tertiary/aromatic N) is 1. The fourth-order valence-electron chi connectivity index (χ4n) is 3.36. The lowest BCUT2D eigenvalue weighted by Crippen LogP contribution is -2.49. The molecular formula is C23H27N3O3. The lowest BCUT2D eigenvalue weighted by molar-refractivity contribution is -0.124. The van der Waals surface area contributed by atoms with Crippen LogP contribution in [0.25, 0.3) is 0 Å². The SMILES string of the molecule is CC(C)C(NC(=O)c1ccccc1)C(=O)NCc1ccc(N2CCCC2=O)cc1. The van der Waals surface area contributed by atoms with Crippen molar-refractivity contribution in [2.24, 2.45) is 5.92 Å². The zero-order valence-corrected chi connectivity index (χ0v) is 16.9. The number of carbonyl (C=O) groups excluding carboxylic acids is 3. The van der Waals surface area contributed by atoms with E-state index in [1.807, 2.05) is 44.2 Å². The molecule has 2 aromatic carbocycles. The van der Waals surface area contributed by atoms with Crippen LogP contribution in [0.5, 0.6) is 0 Å². The van der Waals surface area contributed by atoms with Crippen LogP contribution in [0.3, 0.4) is 0 Å². The predicted octanol–water partition coefficient (Wildman–Crippen LogP) is 2.88. The highest BCUT2D eigenvalue weighted by Gasteiger charge is 2.25. The Kier molecular flexibility index (Phi) is 6.65. The molecule has 0 bridgehead atoms. The largest absolute Gasteiger partial charge is 0.350 e. The van der Waals surface area contributed by atoms with Gasteiger partial charge in [-0.3, -0.25) is 14.4 Å². The molecule has 1 atom stereocenters. The van der Waals surface area contributed by atoms with E-state index < -0.39 is 6.04 Å². The van der Waals surface area contributed by atoms with E-state index >= 15 is 0 Å². The summed E-state index contributed by atoms with van der Waals surface area (Å²) in [6, 6.07) is 15.9. The lowest BCUT2D eigenvalue weighted by Gasteiger charge is -2.22. The van der Waals surface area contributed by atoms with Gasteiger partial charge in [-0.1, -0.05) is 44.2 Å². The molecule has 3 rings (SSSR count). The van der Waals surface area contributed by atoms with Gasteiger partial charge in [0.05, 0.1) is 0 Å². The maximum Gasteiger partial charge on any atom is 0.251 e. The van der Waals surface area contributed by atoms with E-state index in [9.17, 15) is 14.4 Å². The van der Waals surface area contributed by atoms with E-state index in [4.69, 9.17) is 0 Å². The summed E-state index contributed by atoms with van der Waals surface area (Å²) in [5, 5.41) is 5.73. The number of rotatable bonds is 7. The van der Waals surface area contributed by atoms with Crippen molar-refractivity contribution in [1.29, 1.82) is 0 Å². The highest BCUT2D eigenvalue weighted by atomic mass is 16.2. The van der Waals surface area contributed by atoms with Crippen molar-refractivity contribution in [3.05, 3.63) is 65.7 Å². The molecule has 2 aromatic rings. The van der Waals surface area contributed by atoms with Gasteiger partial charge in [0, 0.05) is 30.8 Å². The zero-order chi connectivity index (χ0) is 20.8. The summed E-state index contributed by atoms with van der Waals surface area (Å²) in [6.45, 7) is 4.92. The van der Waals surface area contributed by atoms with Crippen molar-refractivity contribution in [1.82, 2.24) is 10.6 Å². The minimum absolute atomic E-state index is 0.0498. The molecule has 0 aromatic heterocycles. The quantitative estimate of drug-likeness (QED) is 0.759. The summed E-state index contributed by atoms with van der Waals surface area (Å²) < 4.78 is 0. The Hall–Kier alpha value is -3.15. The zero-order valence-electron chi connectivity index (χ0n) is 16.9. The lowest BCUT2D eigenvalue weighted by atomic mass is 10.0. The molecule has 152 valence electrons. The second kappa shape index (κ2) is 9.37. The first-order valence-corrected chi connectivity index (χ1v) is 9.98. The summed E-state index contributed by atoms with van der Waals surface area (Å²) in [7, 11) is 0. The summed E-state index contributed by atoms with van der Waals surface area (Å²) in [6.07, 6.45) is 1.49. The molecule has 0 aliphatic carbocycles. The normalized spacial score (nSPS) is 14.7. The Morgan fingerprint density at radius 3 is 2.31 bits per heavy atom. The monoisotopic (exact) mass is 393 g/mol. The Bertz CT molecular complexity index is 863. The van der Waals surface area contributed by atoms with Gasteiger partial charge in [-0.05, 0) is 42.2 Å². The van der Waals surface area contributed by atoms with Gasteiger partial charge in [-0.2, -0.15) is 0 Å². The third kappa shape index (κ3) is 5.22. The molecule has 6 nitrogen and oxygen atoms in total. The maximum atomic E-state index is 12.7. The molecule has 1 aliphatic rings. The van der Waals surface area contributed by atoms with Crippen molar-refractivity contribution >= 4 is 23.4 Å². The van der Waals surface area contributed by atoms with Gasteiger partial charge in [-0.15, -0.1) is 0 Å². The smallest absolute Gasteiger partial charge is 0.251 e. The Labute approximate surface area is 171 Å². The molecular weight excluding hydrogens is 366 g/mol. The minimum Gasteiger partial charge on any atom is -0.350 e. The first-order valence-electron chi connectivity index (χ1n) is 9.98. The molecule has 2 N–H and O–H groups in total. The van der Waals surface area contributed by atoms with Crippen LogP contribution in [0.4, 0.5) is 5.69 Å². The number of amides is 3. The second-order valence-corrected chi connectivity index (χ2v) is 7.59. The van der Waals surface area contributed by atoms with Gasteiger partial charge in [0.1, 0.15) is 6.04 Å². The van der Waals surface area contributed by atoms with Crippen molar-refractivity contribution in [2.45, 2.75) is 39.3 Å². The molecule has 0 radical (unpaired) electrons. The van der Waals surface area contributed by atoms with Gasteiger partial charge in [-0.25, -0.2) is 0 Å². The summed E-state index contributed by atoms with van der Waals surface area (Å²) in [5.41, 5.74) is 2.35. The van der Waals surface area contributed by atoms with Crippen LogP contribution in [0, 0.1) is 5.92 Å². The highest BCUT2D eigenvalue weighted by molar-refractivity contribution is 5.97. The number of carbonyl (C=O) groups is 3. The second-order valence-electron chi connectivity index (χ2n) is 7.59. The molecule has 0 saturated carbocycles. The van der Waals surface area contributed by atoms with Crippen molar-refractivity contribution in [3.8, 4) is 0 Å². The van der Waals surface area contributed by atoms with Crippen LogP contribution in [-0.4, -0.2) is 30.3 Å². The van der Waals surface area contributed by atoms with Gasteiger partial charge in [0.2, 0.25) is 11.8 Å². The van der Waals surface area contributed by atoms with E-state index in [1.165, 1.54) is 0 Å². The van der Waals surface area contributed by atoms with Gasteiger partial charge < -0.3 is 15.5 Å². The van der Waals surface area contributed by atoms with E-state index in [-0.39, 0.29) is 23.6 Å². The van der Waals surface area contributed by atoms with Crippen molar-refractivity contribution in [2.75, 3.05) is 11.4 Å². The van der Waals surface area contributed by atoms with Crippen molar-refractivity contribution in [3.63, 3.8) is 0 Å². The average Bonchev–Trinajstić information content (AvgIpc) is 3.16. The molecule has 1 heterocycles. The molecule has 6 heteroatoms. The van der Waals surface area contributed by atoms with Crippen LogP contribution < -0.4 is 15.5 Å². The van der Waals surface area contributed by atoms with E-state index in [0.717, 1.165) is 24.2 Å². The first kappa shape index (κ1) is 20.6. The summed E-state index contributed by atoms with van der Waals surface area (Å²) >= 11 is 0. The van der Waals surface area contributed by atoms with Crippen LogP contribution in [0.1, 0.15) is 42.6 Å². The number of hydrogen-bond donors (Lipinski definition) is 2. The van der Waals surface area contributed by atoms with Crippen LogP contribution >= 0.6 is 0 Å². The van der Waals surface area contributed by atoms with Crippen LogP contribution in [0.15, 0.2) is 54.6 Å². The average molecular weight is 393 g/mol. The van der Waals surface area contributed by atoms with Crippen LogP contribution in [0.2, 0.25) is 0 Å². The number of hydrogen-bond acceptors (Lipinski definition) is 3. The van der Waals surface area contributed by atoms with E-state index in [1.54, 1.807) is 29.2 Å². The van der Waals surface area contributed by atoms with Gasteiger partial charge in [0.15, 0.2) is 0 Å². The van der Waals surface area contributed by atoms with Crippen LogP contribution in [-0.2, 0) is 16.1 Å². The fourth-order valence-corrected chi connectivity index (χ4v) is 3.36. The Morgan fingerprint density at radius 2 is 1.72 bits per heavy atom. The Balaban J connectivity index is 1.57.